The third-order valence-electron chi connectivity index (χ3n) is 28.7. The van der Waals surface area contributed by atoms with Crippen molar-refractivity contribution in [3.63, 3.8) is 0 Å². The van der Waals surface area contributed by atoms with Gasteiger partial charge in [0.05, 0.1) is 63.5 Å². The Hall–Kier alpha value is -19.5. The maximum Gasteiger partial charge on any atom is 0.189 e. The second-order valence-corrected chi connectivity index (χ2v) is 39.1. The number of hydrogen-bond donors (Lipinski definition) is 0. The number of anilines is 12. The molecule has 0 amide bonds. The summed E-state index contributed by atoms with van der Waals surface area (Å²) in [6.45, 7) is 25.2. The second kappa shape index (κ2) is 39.1. The molecule has 700 valence electrons. The van der Waals surface area contributed by atoms with E-state index >= 15 is 0 Å². The number of nitriles is 3. The fraction of sp³-hybridized carbons (Fsp3) is 0.0571. The van der Waals surface area contributed by atoms with Gasteiger partial charge in [-0.15, -0.1) is 0 Å². The molecule has 0 aliphatic rings. The lowest BCUT2D eigenvalue weighted by Crippen LogP contribution is -2.13. The first-order valence-corrected chi connectivity index (χ1v) is 50.1. The largest absolute Gasteiger partial charge is 0.311 e. The topological polar surface area (TPSA) is 88.7 Å². The van der Waals surface area contributed by atoms with E-state index in [-0.39, 0.29) is 0 Å². The quantitative estimate of drug-likeness (QED) is 0.0555. The van der Waals surface area contributed by atoms with E-state index in [0.717, 1.165) is 222 Å². The van der Waals surface area contributed by atoms with E-state index in [9.17, 15) is 15.8 Å². The van der Waals surface area contributed by atoms with Gasteiger partial charge in [-0.05, 0) is 339 Å². The molecule has 24 rings (SSSR count). The van der Waals surface area contributed by atoms with Crippen LogP contribution in [0, 0.1) is 96.0 Å². The Morgan fingerprint density at radius 3 is 0.676 bits per heavy atom. The standard InChI is InChI=1S/2C70H50N4/c1-45-12-6-17-52(32-45)56-37-57(53-18-7-13-46(2)33-53)40-63(39-56)73(61-22-10-16-49(36-61)44-71)67-30-26-50-25-29-66-68(31-27-51-24-28-65(67)69(50)70(51)66)74(62-23-11-21-60(43-62)72-5)64-41-58(54-19-8-14-47(3)34-54)38-59(42-64)55-20-9-15-48(4)35-55;1-45-13-9-19-51(33-45)57-37-58(52-20-10-14-46(2)34-52)40-61(39-57)73(65-23-7-5-17-55(65)43-71)67-31-27-49-26-30-64-68(32-28-50-25-29-63(67)69(49)70(50)64)74(66-24-8-6-18-56(66)44-72)62-41-59(53-21-11-15-47(3)35-53)38-60(42-62)54-22-12-16-48(4)36-54/h6-43H,1-4H3;5-42H,1-4H3. The zero-order valence-corrected chi connectivity index (χ0v) is 83.5. The minimum atomic E-state index is 0.571. The van der Waals surface area contributed by atoms with Crippen molar-refractivity contribution in [1.82, 2.24) is 0 Å². The summed E-state index contributed by atoms with van der Waals surface area (Å²) in [7, 11) is 0. The lowest BCUT2D eigenvalue weighted by molar-refractivity contribution is 1.28. The Kier molecular flexibility index (Phi) is 24.4. The summed E-state index contributed by atoms with van der Waals surface area (Å²) >= 11 is 0. The molecule has 8 heteroatoms. The summed E-state index contributed by atoms with van der Waals surface area (Å²) in [5, 5.41) is 45.2. The molecule has 0 unspecified atom stereocenters. The summed E-state index contributed by atoms with van der Waals surface area (Å²) in [5.74, 6) is 0. The lowest BCUT2D eigenvalue weighted by Gasteiger charge is -2.31. The van der Waals surface area contributed by atoms with E-state index in [4.69, 9.17) is 6.57 Å². The predicted octanol–water partition coefficient (Wildman–Crippen LogP) is 39.0. The van der Waals surface area contributed by atoms with Crippen LogP contribution in [0.25, 0.3) is 158 Å². The van der Waals surface area contributed by atoms with E-state index in [1.165, 1.54) is 44.5 Å². The Labute approximate surface area is 864 Å². The van der Waals surface area contributed by atoms with Gasteiger partial charge in [-0.25, -0.2) is 4.85 Å². The highest BCUT2D eigenvalue weighted by Crippen LogP contribution is 2.55. The molecule has 0 aliphatic carbocycles. The van der Waals surface area contributed by atoms with Gasteiger partial charge >= 0.3 is 0 Å². The lowest BCUT2D eigenvalue weighted by atomic mass is 9.91. The molecule has 0 atom stereocenters. The highest BCUT2D eigenvalue weighted by atomic mass is 15.2. The van der Waals surface area contributed by atoms with Crippen LogP contribution in [0.4, 0.5) is 73.9 Å². The maximum absolute atomic E-state index is 10.8. The van der Waals surface area contributed by atoms with Crippen molar-refractivity contribution in [2.75, 3.05) is 19.6 Å². The molecule has 0 fully saturated rings. The zero-order chi connectivity index (χ0) is 101. The van der Waals surface area contributed by atoms with Crippen LogP contribution < -0.4 is 19.6 Å². The van der Waals surface area contributed by atoms with Gasteiger partial charge in [0.1, 0.15) is 12.1 Å². The number of benzene rings is 24. The fourth-order valence-corrected chi connectivity index (χ4v) is 21.8. The van der Waals surface area contributed by atoms with E-state index in [1.54, 1.807) is 0 Å². The molecule has 0 bridgehead atoms. The number of aryl methyl sites for hydroxylation is 8. The van der Waals surface area contributed by atoms with Crippen molar-refractivity contribution in [3.05, 3.63) is 534 Å². The minimum Gasteiger partial charge on any atom is -0.311 e. The van der Waals surface area contributed by atoms with Gasteiger partial charge in [-0.2, -0.15) is 15.8 Å². The molecule has 8 nitrogen and oxygen atoms in total. The molecule has 24 aromatic carbocycles. The Balaban J connectivity index is 0.000000163. The summed E-state index contributed by atoms with van der Waals surface area (Å²) in [5.41, 5.74) is 40.7. The van der Waals surface area contributed by atoms with Crippen LogP contribution in [-0.4, -0.2) is 0 Å². The minimum absolute atomic E-state index is 0.571. The summed E-state index contributed by atoms with van der Waals surface area (Å²) in [6, 6.07) is 172. The first-order chi connectivity index (χ1) is 72.4. The SMILES string of the molecule is Cc1cccc(-c2cc(-c3cccc(C)c3)cc(N(c3ccccc3C#N)c3ccc4ccc5c(N(c6cc(-c7cccc(C)c7)cc(-c7cccc(C)c7)c6)c6ccccc6C#N)ccc6ccc3c4c65)c2)c1.[C-]#[N+]c1cccc(N(c2cc(-c3cccc(C)c3)cc(-c3cccc(C)c3)c2)c2ccc3ccc4c(N(c5cccc(C#N)c5)c5cc(-c6cccc(C)c6)cc(-c6cccc(C)c6)c5)ccc5ccc2c3c54)c1. The van der Waals surface area contributed by atoms with E-state index < -0.39 is 0 Å². The molecular weight excluding hydrogens is 1790 g/mol. The van der Waals surface area contributed by atoms with Gasteiger partial charge in [-0.3, -0.25) is 0 Å². The van der Waals surface area contributed by atoms with Gasteiger partial charge < -0.3 is 19.6 Å². The van der Waals surface area contributed by atoms with Crippen molar-refractivity contribution >= 4 is 139 Å². The number of rotatable bonds is 20. The first-order valence-electron chi connectivity index (χ1n) is 50.1. The molecule has 0 saturated heterocycles. The van der Waals surface area contributed by atoms with Gasteiger partial charge in [-0.1, -0.05) is 354 Å². The third kappa shape index (κ3) is 17.8. The molecule has 0 aromatic heterocycles. The third-order valence-corrected chi connectivity index (χ3v) is 28.7. The van der Waals surface area contributed by atoms with Crippen LogP contribution in [0.3, 0.4) is 0 Å². The summed E-state index contributed by atoms with van der Waals surface area (Å²) in [6.07, 6.45) is 0. The number of hydrogen-bond acceptors (Lipinski definition) is 7. The van der Waals surface area contributed by atoms with Crippen LogP contribution in [0.2, 0.25) is 0 Å². The van der Waals surface area contributed by atoms with Gasteiger partial charge in [0.25, 0.3) is 0 Å². The Morgan fingerprint density at radius 1 is 0.182 bits per heavy atom. The van der Waals surface area contributed by atoms with Gasteiger partial charge in [0.15, 0.2) is 5.69 Å². The summed E-state index contributed by atoms with van der Waals surface area (Å²) < 4.78 is 0. The molecule has 148 heavy (non-hydrogen) atoms. The monoisotopic (exact) mass is 1890 g/mol. The molecule has 0 aliphatic heterocycles. The summed E-state index contributed by atoms with van der Waals surface area (Å²) in [4.78, 5) is 13.1. The van der Waals surface area contributed by atoms with Crippen molar-refractivity contribution in [2.45, 2.75) is 55.4 Å². The van der Waals surface area contributed by atoms with E-state index in [1.807, 2.05) is 72.8 Å². The van der Waals surface area contributed by atoms with E-state index in [2.05, 4.69) is 486 Å². The molecule has 0 N–H and O–H groups in total. The Morgan fingerprint density at radius 2 is 0.419 bits per heavy atom. The first kappa shape index (κ1) is 92.2. The average molecular weight is 1890 g/mol. The van der Waals surface area contributed by atoms with Gasteiger partial charge in [0.2, 0.25) is 0 Å². The Bertz CT molecular complexity index is 8780. The van der Waals surface area contributed by atoms with Crippen LogP contribution in [0.5, 0.6) is 0 Å². The van der Waals surface area contributed by atoms with Crippen LogP contribution in [0.1, 0.15) is 61.2 Å². The molecule has 0 spiro atoms. The zero-order valence-electron chi connectivity index (χ0n) is 83.5. The van der Waals surface area contributed by atoms with Crippen molar-refractivity contribution in [1.29, 1.82) is 15.8 Å². The van der Waals surface area contributed by atoms with Crippen LogP contribution in [-0.2, 0) is 0 Å². The number of para-hydroxylation sites is 2. The molecule has 24 aromatic rings. The molecule has 0 saturated carbocycles. The average Bonchev–Trinajstić information content (AvgIpc) is 0.718. The normalized spacial score (nSPS) is 11.2. The molecular formula is C140H100N8. The van der Waals surface area contributed by atoms with Crippen LogP contribution >= 0.6 is 0 Å². The fourth-order valence-electron chi connectivity index (χ4n) is 21.8. The van der Waals surface area contributed by atoms with E-state index in [0.29, 0.717) is 22.4 Å². The smallest absolute Gasteiger partial charge is 0.189 e. The highest BCUT2D eigenvalue weighted by Gasteiger charge is 2.30. The van der Waals surface area contributed by atoms with Crippen molar-refractivity contribution in [2.24, 2.45) is 0 Å². The molecule has 0 radical (unpaired) electrons. The predicted molar refractivity (Wildman–Crippen MR) is 621 cm³/mol. The number of nitrogens with zero attached hydrogens (tertiary/aromatic N) is 8. The molecule has 0 heterocycles. The van der Waals surface area contributed by atoms with Crippen molar-refractivity contribution in [3.8, 4) is 107 Å². The van der Waals surface area contributed by atoms with Crippen LogP contribution in [0.15, 0.2) is 461 Å². The van der Waals surface area contributed by atoms with Gasteiger partial charge in [0, 0.05) is 55.7 Å². The van der Waals surface area contributed by atoms with Crippen molar-refractivity contribution < 1.29 is 0 Å². The highest BCUT2D eigenvalue weighted by molar-refractivity contribution is 6.30. The second-order valence-electron chi connectivity index (χ2n) is 39.1. The maximum atomic E-state index is 10.8.